The highest BCUT2D eigenvalue weighted by Gasteiger charge is 2.43. The minimum atomic E-state index is -4.30. The molecule has 7 heteroatoms. The van der Waals surface area contributed by atoms with Crippen molar-refractivity contribution in [1.29, 1.82) is 0 Å². The Morgan fingerprint density at radius 1 is 1.75 bits per heavy atom. The monoisotopic (exact) mass is 211 g/mol. The van der Waals surface area contributed by atoms with Gasteiger partial charge in [0.05, 0.1) is 6.54 Å². The van der Waals surface area contributed by atoms with E-state index in [0.717, 1.165) is 5.75 Å². The van der Waals surface area contributed by atoms with Gasteiger partial charge in [-0.2, -0.15) is 8.42 Å². The molecule has 1 atom stereocenters. The molecular formula is C5H9NO4S2. The standard InChI is InChI=1S/C5H9NO4S2/c1-2-11-4-3-6(5(4)7)12(8,9)10/h4H,2-3H2,1H3,(H,8,9,10). The lowest BCUT2D eigenvalue weighted by Gasteiger charge is -2.34. The first-order valence-corrected chi connectivity index (χ1v) is 5.82. The van der Waals surface area contributed by atoms with Crippen LogP contribution in [0.1, 0.15) is 6.92 Å². The van der Waals surface area contributed by atoms with Crippen molar-refractivity contribution in [3.8, 4) is 0 Å². The van der Waals surface area contributed by atoms with Crippen LogP contribution in [0.2, 0.25) is 0 Å². The molecule has 0 radical (unpaired) electrons. The summed E-state index contributed by atoms with van der Waals surface area (Å²) in [6.07, 6.45) is 0. The van der Waals surface area contributed by atoms with E-state index in [0.29, 0.717) is 4.31 Å². The smallest absolute Gasteiger partial charge is 0.272 e. The highest BCUT2D eigenvalue weighted by Crippen LogP contribution is 2.25. The summed E-state index contributed by atoms with van der Waals surface area (Å²) in [5.74, 6) is 0.236. The fourth-order valence-corrected chi connectivity index (χ4v) is 2.68. The van der Waals surface area contributed by atoms with Crippen molar-refractivity contribution in [2.75, 3.05) is 12.3 Å². The molecule has 0 aromatic rings. The summed E-state index contributed by atoms with van der Waals surface area (Å²) in [7, 11) is -4.30. The summed E-state index contributed by atoms with van der Waals surface area (Å²) in [6, 6.07) is 0. The SMILES string of the molecule is CCSC1CN(S(=O)(=O)O)C1=O. The fourth-order valence-electron chi connectivity index (χ4n) is 0.900. The summed E-state index contributed by atoms with van der Waals surface area (Å²) in [6.45, 7) is 1.98. The van der Waals surface area contributed by atoms with Crippen molar-refractivity contribution in [2.24, 2.45) is 0 Å². The van der Waals surface area contributed by atoms with Crippen molar-refractivity contribution in [1.82, 2.24) is 4.31 Å². The number of nitrogens with zero attached hydrogens (tertiary/aromatic N) is 1. The largest absolute Gasteiger partial charge is 0.362 e. The van der Waals surface area contributed by atoms with E-state index in [4.69, 9.17) is 4.55 Å². The van der Waals surface area contributed by atoms with E-state index in [1.54, 1.807) is 0 Å². The van der Waals surface area contributed by atoms with Gasteiger partial charge in [-0.25, -0.2) is 4.31 Å². The molecule has 1 amide bonds. The van der Waals surface area contributed by atoms with Crippen molar-refractivity contribution in [3.05, 3.63) is 0 Å². The average molecular weight is 211 g/mol. The molecule has 1 aliphatic heterocycles. The summed E-state index contributed by atoms with van der Waals surface area (Å²) in [5, 5.41) is -0.295. The van der Waals surface area contributed by atoms with Crippen LogP contribution in [-0.2, 0) is 15.1 Å². The van der Waals surface area contributed by atoms with Crippen molar-refractivity contribution >= 4 is 28.0 Å². The molecule has 1 fully saturated rings. The van der Waals surface area contributed by atoms with Crippen LogP contribution in [0.15, 0.2) is 0 Å². The molecule has 5 nitrogen and oxygen atoms in total. The van der Waals surface area contributed by atoms with Gasteiger partial charge in [0.25, 0.3) is 5.91 Å². The minimum Gasteiger partial charge on any atom is -0.272 e. The van der Waals surface area contributed by atoms with Crippen LogP contribution < -0.4 is 0 Å². The fraction of sp³-hybridized carbons (Fsp3) is 0.800. The van der Waals surface area contributed by atoms with Crippen LogP contribution in [0.25, 0.3) is 0 Å². The molecule has 1 unspecified atom stereocenters. The molecule has 12 heavy (non-hydrogen) atoms. The molecule has 1 N–H and O–H groups in total. The quantitative estimate of drug-likeness (QED) is 0.515. The van der Waals surface area contributed by atoms with E-state index in [2.05, 4.69) is 0 Å². The van der Waals surface area contributed by atoms with Gasteiger partial charge in [-0.05, 0) is 5.75 Å². The van der Waals surface area contributed by atoms with E-state index >= 15 is 0 Å². The van der Waals surface area contributed by atoms with Crippen molar-refractivity contribution in [3.63, 3.8) is 0 Å². The van der Waals surface area contributed by atoms with Crippen LogP contribution in [0.4, 0.5) is 0 Å². The highest BCUT2D eigenvalue weighted by atomic mass is 32.2. The number of carbonyl (C=O) groups excluding carboxylic acids is 1. The van der Waals surface area contributed by atoms with Gasteiger partial charge in [-0.1, -0.05) is 6.92 Å². The van der Waals surface area contributed by atoms with Crippen LogP contribution in [0.3, 0.4) is 0 Å². The molecule has 1 aliphatic rings. The third-order valence-electron chi connectivity index (χ3n) is 1.50. The molecule has 0 spiro atoms. The predicted molar refractivity (Wildman–Crippen MR) is 45.2 cm³/mol. The first-order chi connectivity index (χ1) is 5.46. The maximum absolute atomic E-state index is 11.0. The van der Waals surface area contributed by atoms with Gasteiger partial charge >= 0.3 is 10.3 Å². The number of amides is 1. The molecule has 1 saturated heterocycles. The van der Waals surface area contributed by atoms with Gasteiger partial charge < -0.3 is 0 Å². The number of hydrogen-bond acceptors (Lipinski definition) is 4. The van der Waals surface area contributed by atoms with Gasteiger partial charge in [0.15, 0.2) is 0 Å². The number of rotatable bonds is 3. The zero-order valence-electron chi connectivity index (χ0n) is 6.43. The van der Waals surface area contributed by atoms with E-state index in [1.807, 2.05) is 6.92 Å². The Morgan fingerprint density at radius 2 is 2.33 bits per heavy atom. The molecule has 70 valence electrons. The minimum absolute atomic E-state index is 0.0934. The number of hydrogen-bond donors (Lipinski definition) is 1. The molecule has 1 heterocycles. The topological polar surface area (TPSA) is 74.7 Å². The predicted octanol–water partition coefficient (Wildman–Crippen LogP) is -0.247. The van der Waals surface area contributed by atoms with E-state index in [9.17, 15) is 13.2 Å². The Morgan fingerprint density at radius 3 is 2.67 bits per heavy atom. The molecule has 0 bridgehead atoms. The summed E-state index contributed by atoms with van der Waals surface area (Å²) < 4.78 is 29.8. The molecule has 0 aromatic heterocycles. The number of thioether (sulfide) groups is 1. The first-order valence-electron chi connectivity index (χ1n) is 3.37. The maximum Gasteiger partial charge on any atom is 0.362 e. The lowest BCUT2D eigenvalue weighted by atomic mass is 10.3. The summed E-state index contributed by atoms with van der Waals surface area (Å²) >= 11 is 1.38. The van der Waals surface area contributed by atoms with Crippen LogP contribution in [0.5, 0.6) is 0 Å². The van der Waals surface area contributed by atoms with Gasteiger partial charge in [0.2, 0.25) is 0 Å². The number of β-lactam (4-membered cyclic amide) rings is 1. The third-order valence-corrected chi connectivity index (χ3v) is 3.47. The van der Waals surface area contributed by atoms with E-state index < -0.39 is 16.2 Å². The van der Waals surface area contributed by atoms with Crippen molar-refractivity contribution in [2.45, 2.75) is 12.2 Å². The molecule has 0 aliphatic carbocycles. The zero-order valence-corrected chi connectivity index (χ0v) is 8.06. The molecule has 0 saturated carbocycles. The lowest BCUT2D eigenvalue weighted by molar-refractivity contribution is -0.132. The molecule has 0 aromatic carbocycles. The Kier molecular flexibility index (Phi) is 2.64. The van der Waals surface area contributed by atoms with Crippen LogP contribution >= 0.6 is 11.8 Å². The Balaban J connectivity index is 2.55. The highest BCUT2D eigenvalue weighted by molar-refractivity contribution is 8.00. The maximum atomic E-state index is 11.0. The van der Waals surface area contributed by atoms with E-state index in [1.165, 1.54) is 11.8 Å². The average Bonchev–Trinajstić information content (AvgIpc) is 1.93. The van der Waals surface area contributed by atoms with Gasteiger partial charge in [0.1, 0.15) is 5.25 Å². The molecular weight excluding hydrogens is 202 g/mol. The summed E-state index contributed by atoms with van der Waals surface area (Å²) in [4.78, 5) is 11.0. The lowest BCUT2D eigenvalue weighted by Crippen LogP contribution is -2.57. The van der Waals surface area contributed by atoms with Crippen LogP contribution in [-0.4, -0.2) is 40.7 Å². The number of carbonyl (C=O) groups is 1. The van der Waals surface area contributed by atoms with Gasteiger partial charge in [-0.3, -0.25) is 9.35 Å². The first kappa shape index (κ1) is 9.82. The normalized spacial score (nSPS) is 24.0. The second-order valence-electron chi connectivity index (χ2n) is 2.29. The second kappa shape index (κ2) is 3.23. The Labute approximate surface area is 75.0 Å². The van der Waals surface area contributed by atoms with Gasteiger partial charge in [-0.15, -0.1) is 11.8 Å². The van der Waals surface area contributed by atoms with Crippen molar-refractivity contribution < 1.29 is 17.8 Å². The second-order valence-corrected chi connectivity index (χ2v) is 5.11. The molecule has 1 rings (SSSR count). The van der Waals surface area contributed by atoms with Crippen LogP contribution in [0, 0.1) is 0 Å². The zero-order chi connectivity index (χ0) is 9.35. The Hall–Kier alpha value is -0.270. The Bertz CT molecular complexity index is 286. The third kappa shape index (κ3) is 1.73. The summed E-state index contributed by atoms with van der Waals surface area (Å²) in [5.41, 5.74) is 0. The van der Waals surface area contributed by atoms with Gasteiger partial charge in [0, 0.05) is 0 Å². The van der Waals surface area contributed by atoms with E-state index in [-0.39, 0.29) is 11.8 Å².